The van der Waals surface area contributed by atoms with Crippen molar-refractivity contribution in [3.63, 3.8) is 0 Å². The number of carbonyl (C=O) groups is 2. The first-order valence-corrected chi connectivity index (χ1v) is 7.45. The van der Waals surface area contributed by atoms with E-state index >= 15 is 0 Å². The molecule has 0 spiro atoms. The van der Waals surface area contributed by atoms with E-state index in [4.69, 9.17) is 10.5 Å². The van der Waals surface area contributed by atoms with Crippen molar-refractivity contribution in [3.05, 3.63) is 29.3 Å². The highest BCUT2D eigenvalue weighted by Crippen LogP contribution is 2.26. The maximum atomic E-state index is 12.4. The number of rotatable bonds is 3. The lowest BCUT2D eigenvalue weighted by Gasteiger charge is -2.31. The number of carbonyl (C=O) groups excluding carboxylic acids is 2. The first-order chi connectivity index (χ1) is 10.1. The summed E-state index contributed by atoms with van der Waals surface area (Å²) < 4.78 is 5.47. The summed E-state index contributed by atoms with van der Waals surface area (Å²) in [6, 6.07) is 5.93. The van der Waals surface area contributed by atoms with Crippen molar-refractivity contribution in [1.82, 2.24) is 4.90 Å². The molecule has 1 fully saturated rings. The topological polar surface area (TPSA) is 72.6 Å². The Kier molecular flexibility index (Phi) is 3.82. The van der Waals surface area contributed by atoms with Crippen LogP contribution in [-0.2, 0) is 22.4 Å². The molecule has 1 aromatic rings. The normalized spacial score (nSPS) is 20.8. The molecule has 1 atom stereocenters. The van der Waals surface area contributed by atoms with E-state index < -0.39 is 0 Å². The Balaban J connectivity index is 1.64. The first kappa shape index (κ1) is 13.9. The fourth-order valence-corrected chi connectivity index (χ4v) is 3.07. The van der Waals surface area contributed by atoms with Crippen molar-refractivity contribution in [2.45, 2.75) is 25.7 Å². The van der Waals surface area contributed by atoms with E-state index in [1.807, 2.05) is 12.1 Å². The Morgan fingerprint density at radius 1 is 1.38 bits per heavy atom. The van der Waals surface area contributed by atoms with Gasteiger partial charge >= 0.3 is 0 Å². The number of fused-ring (bicyclic) bond motifs is 1. The number of amides is 2. The monoisotopic (exact) mass is 288 g/mol. The molecule has 2 amide bonds. The molecule has 2 aliphatic rings. The van der Waals surface area contributed by atoms with Gasteiger partial charge in [0.25, 0.3) is 0 Å². The summed E-state index contributed by atoms with van der Waals surface area (Å²) >= 11 is 0. The molecule has 0 saturated carbocycles. The number of benzene rings is 1. The molecule has 5 heteroatoms. The zero-order valence-corrected chi connectivity index (χ0v) is 12.0. The van der Waals surface area contributed by atoms with Gasteiger partial charge in [0.15, 0.2) is 0 Å². The molecular formula is C16H20N2O3. The summed E-state index contributed by atoms with van der Waals surface area (Å²) in [7, 11) is 0. The number of nitrogens with two attached hydrogens (primary N) is 1. The summed E-state index contributed by atoms with van der Waals surface area (Å²) in [5, 5.41) is 0. The van der Waals surface area contributed by atoms with Gasteiger partial charge in [-0.25, -0.2) is 0 Å². The molecule has 1 aromatic carbocycles. The maximum Gasteiger partial charge on any atom is 0.227 e. The lowest BCUT2D eigenvalue weighted by Crippen LogP contribution is -2.44. The molecule has 21 heavy (non-hydrogen) atoms. The number of ether oxygens (including phenoxy) is 1. The minimum absolute atomic E-state index is 0.0693. The van der Waals surface area contributed by atoms with Crippen LogP contribution >= 0.6 is 0 Å². The van der Waals surface area contributed by atoms with E-state index in [0.717, 1.165) is 43.7 Å². The van der Waals surface area contributed by atoms with E-state index in [1.165, 1.54) is 5.56 Å². The molecule has 0 radical (unpaired) electrons. The average Bonchev–Trinajstić information content (AvgIpc) is 2.95. The lowest BCUT2D eigenvalue weighted by molar-refractivity contribution is -0.134. The van der Waals surface area contributed by atoms with Crippen LogP contribution in [-0.4, -0.2) is 36.4 Å². The first-order valence-electron chi connectivity index (χ1n) is 7.45. The predicted molar refractivity (Wildman–Crippen MR) is 77.8 cm³/mol. The minimum Gasteiger partial charge on any atom is -0.493 e. The Hall–Kier alpha value is -2.04. The van der Waals surface area contributed by atoms with Gasteiger partial charge in [0.05, 0.1) is 18.9 Å². The van der Waals surface area contributed by atoms with Gasteiger partial charge in [0.1, 0.15) is 5.75 Å². The average molecular weight is 288 g/mol. The molecule has 5 nitrogen and oxygen atoms in total. The van der Waals surface area contributed by atoms with Crippen LogP contribution < -0.4 is 10.5 Å². The second-order valence-electron chi connectivity index (χ2n) is 5.80. The fourth-order valence-electron chi connectivity index (χ4n) is 3.07. The van der Waals surface area contributed by atoms with Crippen molar-refractivity contribution in [1.29, 1.82) is 0 Å². The molecule has 3 rings (SSSR count). The van der Waals surface area contributed by atoms with Crippen LogP contribution in [0.15, 0.2) is 18.2 Å². The second-order valence-corrected chi connectivity index (χ2v) is 5.80. The van der Waals surface area contributed by atoms with Gasteiger partial charge in [0, 0.05) is 19.5 Å². The number of hydrogen-bond donors (Lipinski definition) is 1. The van der Waals surface area contributed by atoms with E-state index in [1.54, 1.807) is 4.90 Å². The number of piperidine rings is 1. The highest BCUT2D eigenvalue weighted by Gasteiger charge is 2.27. The Bertz CT molecular complexity index is 571. The molecule has 1 unspecified atom stereocenters. The van der Waals surface area contributed by atoms with Crippen LogP contribution in [0.1, 0.15) is 24.0 Å². The van der Waals surface area contributed by atoms with Crippen molar-refractivity contribution >= 4 is 11.8 Å². The molecule has 0 aromatic heterocycles. The lowest BCUT2D eigenvalue weighted by atomic mass is 9.96. The molecule has 2 heterocycles. The van der Waals surface area contributed by atoms with Crippen molar-refractivity contribution in [2.24, 2.45) is 11.7 Å². The summed E-state index contributed by atoms with van der Waals surface area (Å²) in [5.41, 5.74) is 7.53. The van der Waals surface area contributed by atoms with Crippen molar-refractivity contribution in [2.75, 3.05) is 19.7 Å². The van der Waals surface area contributed by atoms with Crippen molar-refractivity contribution < 1.29 is 14.3 Å². The van der Waals surface area contributed by atoms with E-state index in [0.29, 0.717) is 13.0 Å². The molecule has 0 bridgehead atoms. The summed E-state index contributed by atoms with van der Waals surface area (Å²) in [6.45, 7) is 1.90. The van der Waals surface area contributed by atoms with Crippen LogP contribution in [0.4, 0.5) is 0 Å². The molecule has 0 aliphatic carbocycles. The molecule has 2 aliphatic heterocycles. The van der Waals surface area contributed by atoms with Gasteiger partial charge in [-0.3, -0.25) is 9.59 Å². The Morgan fingerprint density at radius 3 is 3.05 bits per heavy atom. The SMILES string of the molecule is NC(=O)C1CCCN(C(=O)Cc2ccc3c(c2)CCO3)C1. The Morgan fingerprint density at radius 2 is 2.24 bits per heavy atom. The van der Waals surface area contributed by atoms with E-state index in [2.05, 4.69) is 6.07 Å². The largest absolute Gasteiger partial charge is 0.493 e. The van der Waals surface area contributed by atoms with Crippen LogP contribution in [0.25, 0.3) is 0 Å². The highest BCUT2D eigenvalue weighted by atomic mass is 16.5. The van der Waals surface area contributed by atoms with Crippen LogP contribution in [0.3, 0.4) is 0 Å². The van der Waals surface area contributed by atoms with Gasteiger partial charge in [-0.1, -0.05) is 12.1 Å². The van der Waals surface area contributed by atoms with Crippen LogP contribution in [0.5, 0.6) is 5.75 Å². The van der Waals surface area contributed by atoms with Crippen LogP contribution in [0.2, 0.25) is 0 Å². The third kappa shape index (κ3) is 3.01. The number of nitrogens with zero attached hydrogens (tertiary/aromatic N) is 1. The standard InChI is InChI=1S/C16H20N2O3/c17-16(20)13-2-1-6-18(10-13)15(19)9-11-3-4-14-12(8-11)5-7-21-14/h3-4,8,13H,1-2,5-7,9-10H2,(H2,17,20). The fraction of sp³-hybridized carbons (Fsp3) is 0.500. The molecule has 2 N–H and O–H groups in total. The third-order valence-electron chi connectivity index (χ3n) is 4.29. The van der Waals surface area contributed by atoms with Gasteiger partial charge in [-0.2, -0.15) is 0 Å². The zero-order chi connectivity index (χ0) is 14.8. The summed E-state index contributed by atoms with van der Waals surface area (Å²) in [5.74, 6) is 0.496. The van der Waals surface area contributed by atoms with E-state index in [9.17, 15) is 9.59 Å². The second kappa shape index (κ2) is 5.76. The molecular weight excluding hydrogens is 268 g/mol. The highest BCUT2D eigenvalue weighted by molar-refractivity contribution is 5.81. The number of primary amides is 1. The van der Waals surface area contributed by atoms with Gasteiger partial charge < -0.3 is 15.4 Å². The predicted octanol–water partition coefficient (Wildman–Crippen LogP) is 0.888. The molecule has 1 saturated heterocycles. The quantitative estimate of drug-likeness (QED) is 0.897. The Labute approximate surface area is 124 Å². The summed E-state index contributed by atoms with van der Waals surface area (Å²) in [4.78, 5) is 25.4. The molecule has 112 valence electrons. The van der Waals surface area contributed by atoms with E-state index in [-0.39, 0.29) is 17.7 Å². The van der Waals surface area contributed by atoms with Gasteiger partial charge in [-0.15, -0.1) is 0 Å². The maximum absolute atomic E-state index is 12.4. The van der Waals surface area contributed by atoms with Gasteiger partial charge in [-0.05, 0) is 30.0 Å². The summed E-state index contributed by atoms with van der Waals surface area (Å²) in [6.07, 6.45) is 2.91. The zero-order valence-electron chi connectivity index (χ0n) is 12.0. The number of likely N-dealkylation sites (tertiary alicyclic amines) is 1. The van der Waals surface area contributed by atoms with Gasteiger partial charge in [0.2, 0.25) is 11.8 Å². The van der Waals surface area contributed by atoms with Crippen LogP contribution in [0, 0.1) is 5.92 Å². The number of hydrogen-bond acceptors (Lipinski definition) is 3. The smallest absolute Gasteiger partial charge is 0.227 e. The van der Waals surface area contributed by atoms with Crippen molar-refractivity contribution in [3.8, 4) is 5.75 Å². The third-order valence-corrected chi connectivity index (χ3v) is 4.29. The minimum atomic E-state index is -0.304.